The Balaban J connectivity index is 1.27. The molecule has 2 bridgehead atoms. The minimum atomic E-state index is 0.405. The van der Waals surface area contributed by atoms with Crippen LogP contribution in [0.4, 0.5) is 0 Å². The van der Waals surface area contributed by atoms with Crippen molar-refractivity contribution in [2.75, 3.05) is 13.1 Å². The van der Waals surface area contributed by atoms with E-state index in [1.807, 2.05) is 0 Å². The molecule has 1 N–H and O–H groups in total. The second-order valence-corrected chi connectivity index (χ2v) is 7.75. The van der Waals surface area contributed by atoms with E-state index in [0.29, 0.717) is 29.8 Å². The highest BCUT2D eigenvalue weighted by molar-refractivity contribution is 5.76. The molecule has 23 heavy (non-hydrogen) atoms. The molecule has 1 aromatic rings. The summed E-state index contributed by atoms with van der Waals surface area (Å²) in [5, 5.41) is 3.67. The van der Waals surface area contributed by atoms with Crippen molar-refractivity contribution in [3.63, 3.8) is 0 Å². The molecule has 4 rings (SSSR count). The molecule has 1 aromatic carbocycles. The van der Waals surface area contributed by atoms with Gasteiger partial charge in [0.1, 0.15) is 0 Å². The molecule has 3 saturated heterocycles. The Morgan fingerprint density at radius 1 is 1.00 bits per heavy atom. The van der Waals surface area contributed by atoms with Gasteiger partial charge >= 0.3 is 0 Å². The zero-order valence-corrected chi connectivity index (χ0v) is 13.9. The second-order valence-electron chi connectivity index (χ2n) is 7.75. The molecule has 3 heterocycles. The number of piperidine rings is 2. The third kappa shape index (κ3) is 3.45. The first-order valence-corrected chi connectivity index (χ1v) is 9.36. The van der Waals surface area contributed by atoms with E-state index in [1.165, 1.54) is 31.2 Å². The average molecular weight is 312 g/mol. The molecule has 0 radical (unpaired) electrons. The number of carbonyl (C=O) groups excluding carboxylic acids is 1. The molecule has 3 heteroatoms. The fourth-order valence-electron chi connectivity index (χ4n) is 4.91. The third-order valence-electron chi connectivity index (χ3n) is 6.15. The Bertz CT molecular complexity index is 524. The van der Waals surface area contributed by atoms with E-state index in [0.717, 1.165) is 32.4 Å². The lowest BCUT2D eigenvalue weighted by atomic mass is 9.87. The maximum absolute atomic E-state index is 12.6. The molecule has 0 saturated carbocycles. The summed E-state index contributed by atoms with van der Waals surface area (Å²) >= 11 is 0. The minimum Gasteiger partial charge on any atom is -0.343 e. The molecule has 2 unspecified atom stereocenters. The Morgan fingerprint density at radius 3 is 2.30 bits per heavy atom. The summed E-state index contributed by atoms with van der Waals surface area (Å²) in [4.78, 5) is 14.8. The van der Waals surface area contributed by atoms with Crippen LogP contribution < -0.4 is 5.32 Å². The van der Waals surface area contributed by atoms with Crippen molar-refractivity contribution in [1.29, 1.82) is 0 Å². The number of carbonyl (C=O) groups is 1. The van der Waals surface area contributed by atoms with Crippen LogP contribution in [0.1, 0.15) is 56.4 Å². The van der Waals surface area contributed by atoms with Crippen LogP contribution in [0.5, 0.6) is 0 Å². The van der Waals surface area contributed by atoms with E-state index in [2.05, 4.69) is 40.5 Å². The van der Waals surface area contributed by atoms with Crippen LogP contribution in [-0.2, 0) is 4.79 Å². The first-order valence-electron chi connectivity index (χ1n) is 9.36. The van der Waals surface area contributed by atoms with Crippen LogP contribution >= 0.6 is 0 Å². The van der Waals surface area contributed by atoms with E-state index >= 15 is 0 Å². The number of fused-ring (bicyclic) bond motifs is 2. The molecular formula is C20H28N2O. The van der Waals surface area contributed by atoms with E-state index in [4.69, 9.17) is 0 Å². The predicted octanol–water partition coefficient (Wildman–Crippen LogP) is 3.31. The number of hydrogen-bond acceptors (Lipinski definition) is 2. The lowest BCUT2D eigenvalue weighted by Gasteiger charge is -2.34. The van der Waals surface area contributed by atoms with Gasteiger partial charge in [0.15, 0.2) is 0 Å². The molecule has 3 aliphatic heterocycles. The van der Waals surface area contributed by atoms with Gasteiger partial charge in [-0.05, 0) is 55.9 Å². The molecule has 3 nitrogen and oxygen atoms in total. The van der Waals surface area contributed by atoms with Crippen molar-refractivity contribution >= 4 is 5.91 Å². The van der Waals surface area contributed by atoms with Gasteiger partial charge in [-0.25, -0.2) is 0 Å². The van der Waals surface area contributed by atoms with Gasteiger partial charge in [-0.3, -0.25) is 4.79 Å². The second kappa shape index (κ2) is 6.64. The number of nitrogens with zero attached hydrogens (tertiary/aromatic N) is 1. The summed E-state index contributed by atoms with van der Waals surface area (Å²) in [6.45, 7) is 1.88. The summed E-state index contributed by atoms with van der Waals surface area (Å²) in [6.07, 6.45) is 8.08. The predicted molar refractivity (Wildman–Crippen MR) is 92.3 cm³/mol. The van der Waals surface area contributed by atoms with Crippen molar-refractivity contribution in [2.24, 2.45) is 5.92 Å². The van der Waals surface area contributed by atoms with Gasteiger partial charge in [-0.15, -0.1) is 0 Å². The van der Waals surface area contributed by atoms with Gasteiger partial charge < -0.3 is 10.2 Å². The SMILES string of the molecule is O=C(CC1CC2CCC(C1)N2)N1CCC(c2ccccc2)CC1. The summed E-state index contributed by atoms with van der Waals surface area (Å²) in [5.41, 5.74) is 1.44. The molecular weight excluding hydrogens is 284 g/mol. The third-order valence-corrected chi connectivity index (χ3v) is 6.15. The van der Waals surface area contributed by atoms with Gasteiger partial charge in [0.05, 0.1) is 0 Å². The topological polar surface area (TPSA) is 32.3 Å². The summed E-state index contributed by atoms with van der Waals surface area (Å²) < 4.78 is 0. The molecule has 1 amide bonds. The molecule has 3 fully saturated rings. The highest BCUT2D eigenvalue weighted by Gasteiger charge is 2.35. The largest absolute Gasteiger partial charge is 0.343 e. The number of likely N-dealkylation sites (tertiary alicyclic amines) is 1. The Labute approximate surface area is 139 Å². The van der Waals surface area contributed by atoms with Gasteiger partial charge in [0, 0.05) is 31.6 Å². The average Bonchev–Trinajstić information content (AvgIpc) is 2.94. The maximum Gasteiger partial charge on any atom is 0.222 e. The van der Waals surface area contributed by atoms with E-state index in [9.17, 15) is 4.79 Å². The van der Waals surface area contributed by atoms with Crippen molar-refractivity contribution in [2.45, 2.75) is 62.9 Å². The zero-order valence-electron chi connectivity index (χ0n) is 13.9. The number of nitrogens with one attached hydrogen (secondary N) is 1. The van der Waals surface area contributed by atoms with Gasteiger partial charge in [-0.1, -0.05) is 30.3 Å². The van der Waals surface area contributed by atoms with Crippen molar-refractivity contribution in [3.05, 3.63) is 35.9 Å². The van der Waals surface area contributed by atoms with Crippen LogP contribution in [-0.4, -0.2) is 36.0 Å². The lowest BCUT2D eigenvalue weighted by molar-refractivity contribution is -0.133. The molecule has 3 aliphatic rings. The summed E-state index contributed by atoms with van der Waals surface area (Å²) in [7, 11) is 0. The standard InChI is InChI=1S/C20H28N2O/c23-20(14-15-12-18-6-7-19(13-15)21-18)22-10-8-17(9-11-22)16-4-2-1-3-5-16/h1-5,15,17-19,21H,6-14H2. The Morgan fingerprint density at radius 2 is 1.65 bits per heavy atom. The van der Waals surface area contributed by atoms with Crippen molar-refractivity contribution in [3.8, 4) is 0 Å². The molecule has 124 valence electrons. The maximum atomic E-state index is 12.6. The fourth-order valence-corrected chi connectivity index (χ4v) is 4.91. The Kier molecular flexibility index (Phi) is 4.39. The monoisotopic (exact) mass is 312 g/mol. The van der Waals surface area contributed by atoms with E-state index in [1.54, 1.807) is 0 Å². The highest BCUT2D eigenvalue weighted by Crippen LogP contribution is 2.34. The lowest BCUT2D eigenvalue weighted by Crippen LogP contribution is -2.42. The van der Waals surface area contributed by atoms with Crippen molar-refractivity contribution < 1.29 is 4.79 Å². The molecule has 2 atom stereocenters. The number of benzene rings is 1. The van der Waals surface area contributed by atoms with Crippen LogP contribution in [0.3, 0.4) is 0 Å². The first kappa shape index (κ1) is 15.2. The molecule has 0 spiro atoms. The van der Waals surface area contributed by atoms with Crippen molar-refractivity contribution in [1.82, 2.24) is 10.2 Å². The van der Waals surface area contributed by atoms with Crippen LogP contribution in [0.25, 0.3) is 0 Å². The minimum absolute atomic E-state index is 0.405. The number of rotatable bonds is 3. The number of hydrogen-bond donors (Lipinski definition) is 1. The van der Waals surface area contributed by atoms with E-state index in [-0.39, 0.29) is 0 Å². The number of amides is 1. The smallest absolute Gasteiger partial charge is 0.222 e. The first-order chi connectivity index (χ1) is 11.3. The quantitative estimate of drug-likeness (QED) is 0.928. The Hall–Kier alpha value is -1.35. The van der Waals surface area contributed by atoms with E-state index < -0.39 is 0 Å². The van der Waals surface area contributed by atoms with Gasteiger partial charge in [0.25, 0.3) is 0 Å². The van der Waals surface area contributed by atoms with Crippen LogP contribution in [0.2, 0.25) is 0 Å². The molecule has 0 aliphatic carbocycles. The van der Waals surface area contributed by atoms with Crippen LogP contribution in [0.15, 0.2) is 30.3 Å². The summed E-state index contributed by atoms with van der Waals surface area (Å²) in [6, 6.07) is 12.2. The highest BCUT2D eigenvalue weighted by atomic mass is 16.2. The van der Waals surface area contributed by atoms with Gasteiger partial charge in [0.2, 0.25) is 5.91 Å². The summed E-state index contributed by atoms with van der Waals surface area (Å²) in [5.74, 6) is 1.66. The van der Waals surface area contributed by atoms with Crippen LogP contribution in [0, 0.1) is 5.92 Å². The fraction of sp³-hybridized carbons (Fsp3) is 0.650. The normalized spacial score (nSPS) is 31.3. The zero-order chi connectivity index (χ0) is 15.6. The van der Waals surface area contributed by atoms with Gasteiger partial charge in [-0.2, -0.15) is 0 Å². The molecule has 0 aromatic heterocycles.